The second kappa shape index (κ2) is 6.97. The Morgan fingerprint density at radius 1 is 1.14 bits per heavy atom. The predicted octanol–water partition coefficient (Wildman–Crippen LogP) is 4.05. The van der Waals surface area contributed by atoms with Crippen LogP contribution >= 0.6 is 15.9 Å². The molecule has 0 fully saturated rings. The molecule has 0 aliphatic heterocycles. The summed E-state index contributed by atoms with van der Waals surface area (Å²) in [5.74, 6) is 0.0321. The van der Waals surface area contributed by atoms with Crippen molar-refractivity contribution in [3.63, 3.8) is 0 Å². The summed E-state index contributed by atoms with van der Waals surface area (Å²) in [6, 6.07) is 16.4. The molecule has 0 saturated carbocycles. The number of benzene rings is 2. The fraction of sp³-hybridized carbons (Fsp3) is 0.278. The van der Waals surface area contributed by atoms with E-state index in [1.165, 1.54) is 11.1 Å². The molecule has 3 nitrogen and oxygen atoms in total. The largest absolute Gasteiger partial charge is 0.376 e. The fourth-order valence-corrected chi connectivity index (χ4v) is 3.16. The van der Waals surface area contributed by atoms with Crippen molar-refractivity contribution >= 4 is 27.5 Å². The molecule has 2 N–H and O–H groups in total. The normalized spacial score (nSPS) is 16.7. The lowest BCUT2D eigenvalue weighted by Gasteiger charge is -2.26. The average Bonchev–Trinajstić information content (AvgIpc) is 2.55. The van der Waals surface area contributed by atoms with Crippen LogP contribution in [0.4, 0.5) is 5.69 Å². The van der Waals surface area contributed by atoms with Crippen LogP contribution in [-0.2, 0) is 11.2 Å². The number of fused-ring (bicyclic) bond motifs is 1. The fourth-order valence-electron chi connectivity index (χ4n) is 2.90. The number of rotatable bonds is 4. The van der Waals surface area contributed by atoms with Crippen LogP contribution in [0.25, 0.3) is 0 Å². The molecule has 0 heterocycles. The van der Waals surface area contributed by atoms with Gasteiger partial charge in [0.05, 0.1) is 12.6 Å². The molecule has 0 saturated heterocycles. The van der Waals surface area contributed by atoms with Gasteiger partial charge in [-0.2, -0.15) is 0 Å². The first-order valence-corrected chi connectivity index (χ1v) is 8.38. The number of nitrogens with one attached hydrogen (secondary N) is 2. The highest BCUT2D eigenvalue weighted by molar-refractivity contribution is 9.10. The Hall–Kier alpha value is -1.81. The number of hydrogen-bond acceptors (Lipinski definition) is 2. The molecular weight excluding hydrogens is 340 g/mol. The topological polar surface area (TPSA) is 41.1 Å². The van der Waals surface area contributed by atoms with Crippen molar-refractivity contribution in [3.8, 4) is 0 Å². The van der Waals surface area contributed by atoms with Crippen LogP contribution in [0.1, 0.15) is 30.0 Å². The molecule has 0 radical (unpaired) electrons. The Bertz CT molecular complexity index is 654. The van der Waals surface area contributed by atoms with E-state index in [1.54, 1.807) is 0 Å². The van der Waals surface area contributed by atoms with Crippen molar-refractivity contribution in [2.45, 2.75) is 25.3 Å². The molecule has 22 heavy (non-hydrogen) atoms. The third-order valence-corrected chi connectivity index (χ3v) is 4.53. The Morgan fingerprint density at radius 3 is 2.73 bits per heavy atom. The van der Waals surface area contributed by atoms with Crippen molar-refractivity contribution < 1.29 is 4.79 Å². The van der Waals surface area contributed by atoms with Crippen molar-refractivity contribution in [3.05, 3.63) is 64.1 Å². The Labute approximate surface area is 139 Å². The Morgan fingerprint density at radius 2 is 1.91 bits per heavy atom. The zero-order chi connectivity index (χ0) is 15.4. The van der Waals surface area contributed by atoms with Gasteiger partial charge in [-0.3, -0.25) is 4.79 Å². The summed E-state index contributed by atoms with van der Waals surface area (Å²) in [6.07, 6.45) is 3.25. The molecule has 1 amide bonds. The van der Waals surface area contributed by atoms with Crippen LogP contribution in [0, 0.1) is 0 Å². The molecule has 0 bridgehead atoms. The molecular formula is C18H19BrN2O. The van der Waals surface area contributed by atoms with E-state index in [2.05, 4.69) is 44.8 Å². The van der Waals surface area contributed by atoms with Gasteiger partial charge in [0.2, 0.25) is 5.91 Å². The summed E-state index contributed by atoms with van der Waals surface area (Å²) >= 11 is 3.40. The molecule has 0 unspecified atom stereocenters. The number of carbonyl (C=O) groups excluding carboxylic acids is 1. The molecule has 1 atom stereocenters. The van der Waals surface area contributed by atoms with Gasteiger partial charge in [0.15, 0.2) is 0 Å². The number of aryl methyl sites for hydroxylation is 1. The van der Waals surface area contributed by atoms with Gasteiger partial charge < -0.3 is 10.6 Å². The van der Waals surface area contributed by atoms with Gasteiger partial charge in [0.25, 0.3) is 0 Å². The molecule has 0 aromatic heterocycles. The van der Waals surface area contributed by atoms with Gasteiger partial charge in [-0.15, -0.1) is 0 Å². The Balaban J connectivity index is 1.57. The molecule has 2 aromatic rings. The maximum atomic E-state index is 12.2. The zero-order valence-corrected chi connectivity index (χ0v) is 13.9. The number of hydrogen-bond donors (Lipinski definition) is 2. The smallest absolute Gasteiger partial charge is 0.239 e. The van der Waals surface area contributed by atoms with Gasteiger partial charge in [-0.05, 0) is 54.7 Å². The minimum Gasteiger partial charge on any atom is -0.376 e. The summed E-state index contributed by atoms with van der Waals surface area (Å²) in [7, 11) is 0. The highest BCUT2D eigenvalue weighted by atomic mass is 79.9. The van der Waals surface area contributed by atoms with Gasteiger partial charge >= 0.3 is 0 Å². The third-order valence-electron chi connectivity index (χ3n) is 4.00. The van der Waals surface area contributed by atoms with E-state index in [-0.39, 0.29) is 11.9 Å². The summed E-state index contributed by atoms with van der Waals surface area (Å²) in [4.78, 5) is 12.2. The number of amides is 1. The monoisotopic (exact) mass is 358 g/mol. The van der Waals surface area contributed by atoms with E-state index in [1.807, 2.05) is 30.3 Å². The second-order valence-corrected chi connectivity index (χ2v) is 6.49. The molecule has 1 aliphatic carbocycles. The highest BCUT2D eigenvalue weighted by Gasteiger charge is 2.20. The van der Waals surface area contributed by atoms with E-state index in [0.29, 0.717) is 6.54 Å². The van der Waals surface area contributed by atoms with Crippen LogP contribution in [0.3, 0.4) is 0 Å². The lowest BCUT2D eigenvalue weighted by Crippen LogP contribution is -2.35. The van der Waals surface area contributed by atoms with Gasteiger partial charge in [-0.25, -0.2) is 0 Å². The third kappa shape index (κ3) is 3.69. The summed E-state index contributed by atoms with van der Waals surface area (Å²) < 4.78 is 1.03. The first kappa shape index (κ1) is 15.1. The molecule has 114 valence electrons. The number of halogens is 1. The van der Waals surface area contributed by atoms with Crippen molar-refractivity contribution in [1.82, 2.24) is 5.32 Å². The van der Waals surface area contributed by atoms with E-state index >= 15 is 0 Å². The lowest BCUT2D eigenvalue weighted by atomic mass is 9.88. The number of anilines is 1. The first-order valence-electron chi connectivity index (χ1n) is 7.59. The van der Waals surface area contributed by atoms with Gasteiger partial charge in [-0.1, -0.05) is 40.2 Å². The minimum absolute atomic E-state index is 0.0321. The quantitative estimate of drug-likeness (QED) is 0.865. The maximum Gasteiger partial charge on any atom is 0.239 e. The average molecular weight is 359 g/mol. The summed E-state index contributed by atoms with van der Waals surface area (Å²) in [5.41, 5.74) is 3.58. The van der Waals surface area contributed by atoms with Crippen LogP contribution in [0.15, 0.2) is 53.0 Å². The zero-order valence-electron chi connectivity index (χ0n) is 12.3. The molecule has 2 aromatic carbocycles. The molecule has 1 aliphatic rings. The van der Waals surface area contributed by atoms with Crippen LogP contribution in [0.5, 0.6) is 0 Å². The number of carbonyl (C=O) groups is 1. The molecule has 0 spiro atoms. The molecule has 3 rings (SSSR count). The Kier molecular flexibility index (Phi) is 4.78. The van der Waals surface area contributed by atoms with Crippen LogP contribution < -0.4 is 10.6 Å². The minimum atomic E-state index is 0.0321. The standard InChI is InChI=1S/C18H19BrN2O/c19-14-8-10-15(11-9-14)20-12-18(22)21-17-7-3-5-13-4-1-2-6-16(13)17/h1-2,4,6,8-11,17,20H,3,5,7,12H2,(H,21,22)/t17-/m1/s1. The summed E-state index contributed by atoms with van der Waals surface area (Å²) in [5, 5.41) is 6.30. The highest BCUT2D eigenvalue weighted by Crippen LogP contribution is 2.29. The van der Waals surface area contributed by atoms with Crippen molar-refractivity contribution in [2.75, 3.05) is 11.9 Å². The molecule has 4 heteroatoms. The van der Waals surface area contributed by atoms with E-state index in [0.717, 1.165) is 29.4 Å². The van der Waals surface area contributed by atoms with Gasteiger partial charge in [0, 0.05) is 10.2 Å². The maximum absolute atomic E-state index is 12.2. The predicted molar refractivity (Wildman–Crippen MR) is 92.9 cm³/mol. The van der Waals surface area contributed by atoms with Gasteiger partial charge in [0.1, 0.15) is 0 Å². The van der Waals surface area contributed by atoms with Crippen molar-refractivity contribution in [1.29, 1.82) is 0 Å². The van der Waals surface area contributed by atoms with Crippen molar-refractivity contribution in [2.24, 2.45) is 0 Å². The van der Waals surface area contributed by atoms with Crippen LogP contribution in [-0.4, -0.2) is 12.5 Å². The SMILES string of the molecule is O=C(CNc1ccc(Br)cc1)N[C@@H]1CCCc2ccccc21. The van der Waals surface area contributed by atoms with Crippen LogP contribution in [0.2, 0.25) is 0 Å². The van der Waals surface area contributed by atoms with E-state index in [4.69, 9.17) is 0 Å². The second-order valence-electron chi connectivity index (χ2n) is 5.57. The summed E-state index contributed by atoms with van der Waals surface area (Å²) in [6.45, 7) is 0.292. The van der Waals surface area contributed by atoms with E-state index in [9.17, 15) is 4.79 Å². The lowest BCUT2D eigenvalue weighted by molar-refractivity contribution is -0.120. The van der Waals surface area contributed by atoms with E-state index < -0.39 is 0 Å². The first-order chi connectivity index (χ1) is 10.7.